The van der Waals surface area contributed by atoms with E-state index in [1.165, 1.54) is 12.1 Å². The van der Waals surface area contributed by atoms with Gasteiger partial charge in [0.2, 0.25) is 11.8 Å². The second-order valence-corrected chi connectivity index (χ2v) is 6.46. The largest absolute Gasteiger partial charge is 0.338 e. The molecule has 0 bridgehead atoms. The molecule has 3 aromatic rings. The van der Waals surface area contributed by atoms with E-state index in [9.17, 15) is 14.0 Å². The molecule has 1 fully saturated rings. The fourth-order valence-corrected chi connectivity index (χ4v) is 3.18. The van der Waals surface area contributed by atoms with Crippen LogP contribution in [0.15, 0.2) is 48.7 Å². The Hall–Kier alpha value is -3.22. The number of fused-ring (bicyclic) bond motifs is 1. The van der Waals surface area contributed by atoms with Crippen molar-refractivity contribution in [1.82, 2.24) is 15.1 Å². The number of amides is 2. The number of carbonyl (C=O) groups is 2. The molecular formula is C19H17FN4O2. The van der Waals surface area contributed by atoms with Crippen LogP contribution in [0.25, 0.3) is 10.9 Å². The zero-order chi connectivity index (χ0) is 18.1. The van der Waals surface area contributed by atoms with Crippen molar-refractivity contribution in [2.45, 2.75) is 13.0 Å². The highest BCUT2D eigenvalue weighted by atomic mass is 19.1. The molecule has 0 spiro atoms. The molecule has 2 N–H and O–H groups in total. The Balaban J connectivity index is 1.40. The van der Waals surface area contributed by atoms with Crippen LogP contribution in [0, 0.1) is 11.7 Å². The van der Waals surface area contributed by atoms with Crippen LogP contribution in [0.2, 0.25) is 0 Å². The average Bonchev–Trinajstić information content (AvgIpc) is 3.23. The summed E-state index contributed by atoms with van der Waals surface area (Å²) >= 11 is 0. The normalized spacial score (nSPS) is 17.0. The van der Waals surface area contributed by atoms with Crippen molar-refractivity contribution in [2.24, 2.45) is 5.92 Å². The standard InChI is InChI=1S/C19H17FN4O2/c20-15-3-1-12(2-4-15)10-24-11-14(8-18(24)25)19(26)22-16-5-6-17-13(7-16)9-21-23-17/h1-7,9,14H,8,10-11H2,(H,21,23)(H,22,26). The molecule has 0 saturated carbocycles. The molecule has 4 rings (SSSR count). The summed E-state index contributed by atoms with van der Waals surface area (Å²) in [5.74, 6) is -0.959. The number of rotatable bonds is 4. The quantitative estimate of drug-likeness (QED) is 0.758. The third-order valence-corrected chi connectivity index (χ3v) is 4.58. The van der Waals surface area contributed by atoms with Crippen LogP contribution >= 0.6 is 0 Å². The first-order chi connectivity index (χ1) is 12.6. The molecule has 0 aliphatic carbocycles. The van der Waals surface area contributed by atoms with Crippen molar-refractivity contribution in [3.05, 3.63) is 60.0 Å². The van der Waals surface area contributed by atoms with E-state index in [2.05, 4.69) is 15.5 Å². The lowest BCUT2D eigenvalue weighted by Gasteiger charge is -2.16. The predicted molar refractivity (Wildman–Crippen MR) is 94.6 cm³/mol. The Bertz CT molecular complexity index is 967. The summed E-state index contributed by atoms with van der Waals surface area (Å²) in [5, 5.41) is 10.6. The van der Waals surface area contributed by atoms with E-state index < -0.39 is 5.92 Å². The second kappa shape index (κ2) is 6.59. The second-order valence-electron chi connectivity index (χ2n) is 6.46. The predicted octanol–water partition coefficient (Wildman–Crippen LogP) is 2.69. The van der Waals surface area contributed by atoms with Gasteiger partial charge in [0.1, 0.15) is 5.82 Å². The minimum Gasteiger partial charge on any atom is -0.338 e. The van der Waals surface area contributed by atoms with Gasteiger partial charge in [-0.2, -0.15) is 5.10 Å². The first kappa shape index (κ1) is 16.3. The lowest BCUT2D eigenvalue weighted by Crippen LogP contribution is -2.28. The molecule has 2 heterocycles. The molecule has 1 aromatic heterocycles. The summed E-state index contributed by atoms with van der Waals surface area (Å²) in [7, 11) is 0. The van der Waals surface area contributed by atoms with Gasteiger partial charge in [-0.1, -0.05) is 12.1 Å². The molecule has 1 aliphatic rings. The lowest BCUT2D eigenvalue weighted by molar-refractivity contribution is -0.128. The summed E-state index contributed by atoms with van der Waals surface area (Å²) < 4.78 is 13.0. The number of likely N-dealkylation sites (tertiary alicyclic amines) is 1. The number of carbonyl (C=O) groups excluding carboxylic acids is 2. The summed E-state index contributed by atoms with van der Waals surface area (Å²) in [4.78, 5) is 26.4. The van der Waals surface area contributed by atoms with Gasteiger partial charge in [-0.15, -0.1) is 0 Å². The number of aromatic nitrogens is 2. The van der Waals surface area contributed by atoms with E-state index in [0.717, 1.165) is 16.5 Å². The Morgan fingerprint density at radius 1 is 1.27 bits per heavy atom. The molecule has 2 aromatic carbocycles. The van der Waals surface area contributed by atoms with Crippen molar-refractivity contribution < 1.29 is 14.0 Å². The fourth-order valence-electron chi connectivity index (χ4n) is 3.18. The van der Waals surface area contributed by atoms with Crippen LogP contribution in [0.1, 0.15) is 12.0 Å². The summed E-state index contributed by atoms with van der Waals surface area (Å²) in [6, 6.07) is 11.5. The summed E-state index contributed by atoms with van der Waals surface area (Å²) in [6.45, 7) is 0.736. The van der Waals surface area contributed by atoms with Crippen LogP contribution in [-0.4, -0.2) is 33.5 Å². The summed E-state index contributed by atoms with van der Waals surface area (Å²) in [5.41, 5.74) is 2.41. The van der Waals surface area contributed by atoms with Crippen molar-refractivity contribution in [2.75, 3.05) is 11.9 Å². The Labute approximate surface area is 149 Å². The van der Waals surface area contributed by atoms with E-state index in [0.29, 0.717) is 18.8 Å². The SMILES string of the molecule is O=C(Nc1ccc2[nH]ncc2c1)C1CC(=O)N(Cc2ccc(F)cc2)C1. The molecule has 132 valence electrons. The van der Waals surface area contributed by atoms with E-state index >= 15 is 0 Å². The molecule has 1 atom stereocenters. The van der Waals surface area contributed by atoms with E-state index in [4.69, 9.17) is 0 Å². The molecular weight excluding hydrogens is 335 g/mol. The first-order valence-electron chi connectivity index (χ1n) is 8.35. The molecule has 1 unspecified atom stereocenters. The van der Waals surface area contributed by atoms with Gasteiger partial charge in [-0.3, -0.25) is 14.7 Å². The number of H-pyrrole nitrogens is 1. The van der Waals surface area contributed by atoms with Crippen molar-refractivity contribution >= 4 is 28.4 Å². The smallest absolute Gasteiger partial charge is 0.229 e. The number of anilines is 1. The van der Waals surface area contributed by atoms with Crippen molar-refractivity contribution in [3.63, 3.8) is 0 Å². The maximum Gasteiger partial charge on any atom is 0.229 e. The van der Waals surface area contributed by atoms with Gasteiger partial charge in [-0.05, 0) is 35.9 Å². The number of hydrogen-bond donors (Lipinski definition) is 2. The zero-order valence-corrected chi connectivity index (χ0v) is 13.9. The zero-order valence-electron chi connectivity index (χ0n) is 13.9. The third-order valence-electron chi connectivity index (χ3n) is 4.58. The third kappa shape index (κ3) is 3.28. The number of halogens is 1. The molecule has 26 heavy (non-hydrogen) atoms. The van der Waals surface area contributed by atoms with Gasteiger partial charge < -0.3 is 10.2 Å². The van der Waals surface area contributed by atoms with Crippen molar-refractivity contribution in [1.29, 1.82) is 0 Å². The Morgan fingerprint density at radius 3 is 2.88 bits per heavy atom. The van der Waals surface area contributed by atoms with Crippen molar-refractivity contribution in [3.8, 4) is 0 Å². The number of aromatic amines is 1. The minimum atomic E-state index is -0.400. The van der Waals surface area contributed by atoms with E-state index in [-0.39, 0.29) is 24.1 Å². The number of nitrogens with zero attached hydrogens (tertiary/aromatic N) is 2. The highest BCUT2D eigenvalue weighted by Gasteiger charge is 2.34. The van der Waals surface area contributed by atoms with Gasteiger partial charge >= 0.3 is 0 Å². The Morgan fingerprint density at radius 2 is 2.08 bits per heavy atom. The average molecular weight is 352 g/mol. The van der Waals surface area contributed by atoms with Crippen LogP contribution in [-0.2, 0) is 16.1 Å². The topological polar surface area (TPSA) is 78.1 Å². The van der Waals surface area contributed by atoms with Crippen LogP contribution < -0.4 is 5.32 Å². The minimum absolute atomic E-state index is 0.0697. The van der Waals surface area contributed by atoms with E-state index in [1.54, 1.807) is 29.3 Å². The number of nitrogens with one attached hydrogen (secondary N) is 2. The molecule has 1 saturated heterocycles. The van der Waals surface area contributed by atoms with E-state index in [1.807, 2.05) is 12.1 Å². The highest BCUT2D eigenvalue weighted by Crippen LogP contribution is 2.23. The lowest BCUT2D eigenvalue weighted by atomic mass is 10.1. The maximum atomic E-state index is 13.0. The van der Waals surface area contributed by atoms with Crippen LogP contribution in [0.5, 0.6) is 0 Å². The maximum absolute atomic E-state index is 13.0. The van der Waals surface area contributed by atoms with Gasteiger partial charge in [-0.25, -0.2) is 4.39 Å². The van der Waals surface area contributed by atoms with Gasteiger partial charge in [0.25, 0.3) is 0 Å². The Kier molecular flexibility index (Phi) is 4.12. The molecule has 1 aliphatic heterocycles. The van der Waals surface area contributed by atoms with Gasteiger partial charge in [0, 0.05) is 30.6 Å². The molecule has 0 radical (unpaired) electrons. The first-order valence-corrected chi connectivity index (χ1v) is 8.35. The number of benzene rings is 2. The molecule has 6 nitrogen and oxygen atoms in total. The summed E-state index contributed by atoms with van der Waals surface area (Å²) in [6.07, 6.45) is 1.87. The van der Waals surface area contributed by atoms with Gasteiger partial charge in [0.15, 0.2) is 0 Å². The monoisotopic (exact) mass is 352 g/mol. The van der Waals surface area contributed by atoms with Crippen LogP contribution in [0.4, 0.5) is 10.1 Å². The molecule has 7 heteroatoms. The molecule has 2 amide bonds. The van der Waals surface area contributed by atoms with Gasteiger partial charge in [0.05, 0.1) is 17.6 Å². The fraction of sp³-hybridized carbons (Fsp3) is 0.211. The highest BCUT2D eigenvalue weighted by molar-refractivity contribution is 5.98. The van der Waals surface area contributed by atoms with Crippen LogP contribution in [0.3, 0.4) is 0 Å². The number of hydrogen-bond acceptors (Lipinski definition) is 3.